The summed E-state index contributed by atoms with van der Waals surface area (Å²) < 4.78 is 27.1. The van der Waals surface area contributed by atoms with E-state index in [9.17, 15) is 13.6 Å². The van der Waals surface area contributed by atoms with E-state index in [2.05, 4.69) is 12.2 Å². The third-order valence-corrected chi connectivity index (χ3v) is 5.66. The fourth-order valence-corrected chi connectivity index (χ4v) is 4.34. The quantitative estimate of drug-likeness (QED) is 0.931. The van der Waals surface area contributed by atoms with E-state index in [0.717, 1.165) is 24.7 Å². The van der Waals surface area contributed by atoms with Crippen molar-refractivity contribution in [2.45, 2.75) is 30.7 Å². The fourth-order valence-electron chi connectivity index (χ4n) is 3.04. The van der Waals surface area contributed by atoms with Gasteiger partial charge >= 0.3 is 0 Å². The van der Waals surface area contributed by atoms with E-state index in [1.54, 1.807) is 4.90 Å². The molecule has 0 aromatic heterocycles. The molecular formula is C15H18F2N2OS. The topological polar surface area (TPSA) is 32.3 Å². The van der Waals surface area contributed by atoms with Crippen molar-refractivity contribution in [3.63, 3.8) is 0 Å². The number of carbonyl (C=O) groups excluding carboxylic acids is 1. The second-order valence-corrected chi connectivity index (χ2v) is 7.56. The highest BCUT2D eigenvalue weighted by atomic mass is 32.2. The molecule has 2 atom stereocenters. The highest BCUT2D eigenvalue weighted by molar-refractivity contribution is 8.00. The molecule has 1 aromatic rings. The van der Waals surface area contributed by atoms with Crippen LogP contribution in [0.25, 0.3) is 0 Å². The van der Waals surface area contributed by atoms with Gasteiger partial charge in [0.2, 0.25) is 5.91 Å². The molecule has 0 saturated carbocycles. The van der Waals surface area contributed by atoms with Crippen LogP contribution in [0.5, 0.6) is 0 Å². The molecule has 0 radical (unpaired) electrons. The first-order chi connectivity index (χ1) is 9.98. The SMILES string of the molecule is CC1(CN2C(=O)CNC2c2ccc(F)cc2F)CCCS1. The van der Waals surface area contributed by atoms with Crippen LogP contribution in [0.15, 0.2) is 18.2 Å². The van der Waals surface area contributed by atoms with E-state index in [1.807, 2.05) is 11.8 Å². The number of nitrogens with zero attached hydrogens (tertiary/aromatic N) is 1. The lowest BCUT2D eigenvalue weighted by atomic mass is 10.0. The molecule has 2 heterocycles. The molecule has 1 N–H and O–H groups in total. The van der Waals surface area contributed by atoms with Crippen LogP contribution in [-0.4, -0.2) is 34.4 Å². The number of hydrogen-bond acceptors (Lipinski definition) is 3. The van der Waals surface area contributed by atoms with E-state index >= 15 is 0 Å². The van der Waals surface area contributed by atoms with Crippen molar-refractivity contribution in [2.24, 2.45) is 0 Å². The van der Waals surface area contributed by atoms with E-state index in [4.69, 9.17) is 0 Å². The van der Waals surface area contributed by atoms with Crippen LogP contribution >= 0.6 is 11.8 Å². The summed E-state index contributed by atoms with van der Waals surface area (Å²) in [6.07, 6.45) is 1.70. The number of halogens is 2. The first-order valence-corrected chi connectivity index (χ1v) is 8.09. The van der Waals surface area contributed by atoms with Gasteiger partial charge in [0.25, 0.3) is 0 Å². The molecule has 2 aliphatic heterocycles. The molecule has 0 aliphatic carbocycles. The molecule has 1 amide bonds. The van der Waals surface area contributed by atoms with E-state index in [0.29, 0.717) is 12.1 Å². The minimum atomic E-state index is -0.614. The standard InChI is InChI=1S/C15H18F2N2OS/c1-15(5-2-6-21-15)9-19-13(20)8-18-14(19)11-4-3-10(16)7-12(11)17/h3-4,7,14,18H,2,5-6,8-9H2,1H3. The summed E-state index contributed by atoms with van der Waals surface area (Å²) in [7, 11) is 0. The number of benzene rings is 1. The van der Waals surface area contributed by atoms with E-state index in [-0.39, 0.29) is 17.2 Å². The molecule has 0 spiro atoms. The van der Waals surface area contributed by atoms with Gasteiger partial charge in [0.05, 0.1) is 6.54 Å². The van der Waals surface area contributed by atoms with E-state index < -0.39 is 17.8 Å². The second-order valence-electron chi connectivity index (χ2n) is 5.87. The Balaban J connectivity index is 1.85. The monoisotopic (exact) mass is 312 g/mol. The molecule has 1 aromatic carbocycles. The van der Waals surface area contributed by atoms with Crippen LogP contribution in [0.2, 0.25) is 0 Å². The largest absolute Gasteiger partial charge is 0.320 e. The van der Waals surface area contributed by atoms with Gasteiger partial charge < -0.3 is 4.90 Å². The van der Waals surface area contributed by atoms with Crippen molar-refractivity contribution in [1.29, 1.82) is 0 Å². The van der Waals surface area contributed by atoms with E-state index in [1.165, 1.54) is 12.1 Å². The number of amides is 1. The van der Waals surface area contributed by atoms with Crippen molar-refractivity contribution >= 4 is 17.7 Å². The van der Waals surface area contributed by atoms with Gasteiger partial charge in [-0.1, -0.05) is 0 Å². The second kappa shape index (κ2) is 5.57. The maximum atomic E-state index is 14.0. The molecule has 0 bridgehead atoms. The van der Waals surface area contributed by atoms with Crippen molar-refractivity contribution < 1.29 is 13.6 Å². The molecule has 2 saturated heterocycles. The summed E-state index contributed by atoms with van der Waals surface area (Å²) in [6.45, 7) is 2.93. The zero-order valence-electron chi connectivity index (χ0n) is 11.9. The van der Waals surface area contributed by atoms with Crippen LogP contribution in [0.1, 0.15) is 31.5 Å². The van der Waals surface area contributed by atoms with Crippen LogP contribution in [0, 0.1) is 11.6 Å². The lowest BCUT2D eigenvalue weighted by molar-refractivity contribution is -0.128. The van der Waals surface area contributed by atoms with Gasteiger partial charge in [-0.3, -0.25) is 10.1 Å². The maximum absolute atomic E-state index is 14.0. The number of rotatable bonds is 3. The van der Waals surface area contributed by atoms with Gasteiger partial charge in [-0.25, -0.2) is 8.78 Å². The normalized spacial score (nSPS) is 29.4. The molecule has 114 valence electrons. The highest BCUT2D eigenvalue weighted by Crippen LogP contribution is 2.40. The molecule has 6 heteroatoms. The Morgan fingerprint density at radius 2 is 2.29 bits per heavy atom. The average molecular weight is 312 g/mol. The first-order valence-electron chi connectivity index (χ1n) is 7.10. The number of thioether (sulfide) groups is 1. The van der Waals surface area contributed by atoms with Crippen LogP contribution < -0.4 is 5.32 Å². The minimum Gasteiger partial charge on any atom is -0.320 e. The zero-order chi connectivity index (χ0) is 15.0. The fraction of sp³-hybridized carbons (Fsp3) is 0.533. The van der Waals surface area contributed by atoms with Crippen LogP contribution in [0.3, 0.4) is 0 Å². The molecule has 21 heavy (non-hydrogen) atoms. The third kappa shape index (κ3) is 2.92. The number of carbonyl (C=O) groups is 1. The van der Waals surface area contributed by atoms with Gasteiger partial charge in [-0.05, 0) is 37.7 Å². The Hall–Kier alpha value is -1.14. The van der Waals surface area contributed by atoms with Gasteiger partial charge in [-0.15, -0.1) is 0 Å². The van der Waals surface area contributed by atoms with Gasteiger partial charge in [0, 0.05) is 22.9 Å². The molecule has 2 aliphatic rings. The van der Waals surface area contributed by atoms with Gasteiger partial charge in [0.15, 0.2) is 0 Å². The molecule has 2 fully saturated rings. The van der Waals surface area contributed by atoms with Gasteiger partial charge in [-0.2, -0.15) is 11.8 Å². The summed E-state index contributed by atoms with van der Waals surface area (Å²) in [5, 5.41) is 3.03. The van der Waals surface area contributed by atoms with Crippen molar-refractivity contribution in [3.8, 4) is 0 Å². The highest BCUT2D eigenvalue weighted by Gasteiger charge is 2.39. The Labute approximate surface area is 127 Å². The lowest BCUT2D eigenvalue weighted by Gasteiger charge is -2.33. The Kier molecular flexibility index (Phi) is 3.92. The zero-order valence-corrected chi connectivity index (χ0v) is 12.7. The van der Waals surface area contributed by atoms with Crippen molar-refractivity contribution in [3.05, 3.63) is 35.4 Å². The van der Waals surface area contributed by atoms with Gasteiger partial charge in [0.1, 0.15) is 17.8 Å². The number of nitrogens with one attached hydrogen (secondary N) is 1. The predicted molar refractivity (Wildman–Crippen MR) is 78.9 cm³/mol. The molecule has 3 rings (SSSR count). The Morgan fingerprint density at radius 3 is 2.95 bits per heavy atom. The first kappa shape index (κ1) is 14.8. The third-order valence-electron chi connectivity index (χ3n) is 4.14. The Morgan fingerprint density at radius 1 is 1.48 bits per heavy atom. The van der Waals surface area contributed by atoms with Crippen molar-refractivity contribution in [2.75, 3.05) is 18.8 Å². The predicted octanol–water partition coefficient (Wildman–Crippen LogP) is 2.68. The summed E-state index contributed by atoms with van der Waals surface area (Å²) in [5.74, 6) is -0.152. The minimum absolute atomic E-state index is 0.0242. The maximum Gasteiger partial charge on any atom is 0.238 e. The molecule has 2 unspecified atom stereocenters. The Bertz CT molecular complexity index is 561. The van der Waals surface area contributed by atoms with Crippen LogP contribution in [0.4, 0.5) is 8.78 Å². The summed E-state index contributed by atoms with van der Waals surface area (Å²) >= 11 is 1.86. The van der Waals surface area contributed by atoms with Crippen LogP contribution in [-0.2, 0) is 4.79 Å². The number of hydrogen-bond donors (Lipinski definition) is 1. The summed E-state index contributed by atoms with van der Waals surface area (Å²) in [6, 6.07) is 3.51. The summed E-state index contributed by atoms with van der Waals surface area (Å²) in [5.41, 5.74) is 0.328. The average Bonchev–Trinajstić information content (AvgIpc) is 2.99. The van der Waals surface area contributed by atoms with Crippen molar-refractivity contribution in [1.82, 2.24) is 10.2 Å². The lowest BCUT2D eigenvalue weighted by Crippen LogP contribution is -2.40. The molecular weight excluding hydrogens is 294 g/mol. The molecule has 3 nitrogen and oxygen atoms in total. The smallest absolute Gasteiger partial charge is 0.238 e. The summed E-state index contributed by atoms with van der Waals surface area (Å²) in [4.78, 5) is 13.8.